The lowest BCUT2D eigenvalue weighted by atomic mass is 9.93. The third-order valence-electron chi connectivity index (χ3n) is 6.62. The van der Waals surface area contributed by atoms with Crippen molar-refractivity contribution in [3.8, 4) is 11.8 Å². The SMILES string of the molecule is O=C(O)CC1Cc2cc(C#CCCN3CCNCC3)ccc2CN(CCc2ccccc2)C1=O. The lowest BCUT2D eigenvalue weighted by molar-refractivity contribution is -0.144. The number of carbonyl (C=O) groups excluding carboxylic acids is 1. The molecular weight excluding hydrogens is 426 g/mol. The molecule has 34 heavy (non-hydrogen) atoms. The summed E-state index contributed by atoms with van der Waals surface area (Å²) in [7, 11) is 0. The Morgan fingerprint density at radius 1 is 1.06 bits per heavy atom. The molecule has 1 fully saturated rings. The Kier molecular flexibility index (Phi) is 8.35. The molecule has 0 aliphatic carbocycles. The number of benzene rings is 2. The number of nitrogens with zero attached hydrogens (tertiary/aromatic N) is 2. The first-order valence-electron chi connectivity index (χ1n) is 12.2. The van der Waals surface area contributed by atoms with E-state index in [1.807, 2.05) is 29.2 Å². The maximum absolute atomic E-state index is 13.2. The minimum Gasteiger partial charge on any atom is -0.481 e. The van der Waals surface area contributed by atoms with Gasteiger partial charge in [-0.3, -0.25) is 14.5 Å². The second-order valence-corrected chi connectivity index (χ2v) is 9.12. The van der Waals surface area contributed by atoms with Crippen molar-refractivity contribution in [2.45, 2.75) is 32.2 Å². The second-order valence-electron chi connectivity index (χ2n) is 9.12. The standard InChI is InChI=1S/C28H33N3O3/c32-27(33)20-26-19-25-18-23(8-4-5-14-30-16-12-29-13-17-30)9-10-24(25)21-31(28(26)34)15-11-22-6-2-1-3-7-22/h1-3,6-7,9-10,18,26,29H,5,11-17,19-21H2,(H,32,33). The number of carboxylic acid groups (broad SMARTS) is 1. The Morgan fingerprint density at radius 2 is 1.85 bits per heavy atom. The average Bonchev–Trinajstić information content (AvgIpc) is 2.97. The van der Waals surface area contributed by atoms with Crippen LogP contribution in [0.1, 0.15) is 35.1 Å². The summed E-state index contributed by atoms with van der Waals surface area (Å²) in [4.78, 5) is 29.0. The number of hydrogen-bond donors (Lipinski definition) is 2. The molecule has 2 aliphatic rings. The van der Waals surface area contributed by atoms with Crippen molar-refractivity contribution in [1.82, 2.24) is 15.1 Å². The molecule has 0 aromatic heterocycles. The second kappa shape index (κ2) is 11.8. The summed E-state index contributed by atoms with van der Waals surface area (Å²) in [6.07, 6.45) is 1.86. The summed E-state index contributed by atoms with van der Waals surface area (Å²) in [6.45, 7) is 6.28. The quantitative estimate of drug-likeness (QED) is 0.623. The molecule has 1 saturated heterocycles. The molecule has 0 spiro atoms. The smallest absolute Gasteiger partial charge is 0.304 e. The van der Waals surface area contributed by atoms with Gasteiger partial charge in [-0.05, 0) is 41.7 Å². The van der Waals surface area contributed by atoms with Gasteiger partial charge in [0.15, 0.2) is 0 Å². The molecule has 2 aromatic rings. The van der Waals surface area contributed by atoms with E-state index in [1.165, 1.54) is 5.56 Å². The highest BCUT2D eigenvalue weighted by molar-refractivity contribution is 5.84. The highest BCUT2D eigenvalue weighted by atomic mass is 16.4. The Labute approximate surface area is 202 Å². The highest BCUT2D eigenvalue weighted by Crippen LogP contribution is 2.26. The van der Waals surface area contributed by atoms with E-state index in [9.17, 15) is 14.7 Å². The third kappa shape index (κ3) is 6.69. The van der Waals surface area contributed by atoms with Crippen LogP contribution in [0.3, 0.4) is 0 Å². The molecule has 6 heteroatoms. The minimum absolute atomic E-state index is 0.0711. The molecule has 1 unspecified atom stereocenters. The van der Waals surface area contributed by atoms with E-state index >= 15 is 0 Å². The zero-order valence-electron chi connectivity index (χ0n) is 19.6. The van der Waals surface area contributed by atoms with E-state index in [4.69, 9.17) is 0 Å². The zero-order chi connectivity index (χ0) is 23.8. The number of carboxylic acids is 1. The first-order valence-corrected chi connectivity index (χ1v) is 12.2. The van der Waals surface area contributed by atoms with Crippen molar-refractivity contribution < 1.29 is 14.7 Å². The number of aliphatic carboxylic acids is 1. The Hall–Kier alpha value is -3.14. The van der Waals surface area contributed by atoms with E-state index in [0.29, 0.717) is 19.5 Å². The molecule has 178 valence electrons. The fraction of sp³-hybridized carbons (Fsp3) is 0.429. The number of piperazine rings is 1. The number of carbonyl (C=O) groups is 2. The summed E-state index contributed by atoms with van der Waals surface area (Å²) < 4.78 is 0. The van der Waals surface area contributed by atoms with Gasteiger partial charge >= 0.3 is 5.97 Å². The molecule has 1 atom stereocenters. The van der Waals surface area contributed by atoms with Crippen molar-refractivity contribution in [1.29, 1.82) is 0 Å². The first-order chi connectivity index (χ1) is 16.6. The van der Waals surface area contributed by atoms with Gasteiger partial charge in [0.2, 0.25) is 5.91 Å². The summed E-state index contributed by atoms with van der Waals surface area (Å²) in [6, 6.07) is 16.2. The van der Waals surface area contributed by atoms with Crippen LogP contribution in [0.5, 0.6) is 0 Å². The fourth-order valence-corrected chi connectivity index (χ4v) is 4.72. The fourth-order valence-electron chi connectivity index (χ4n) is 4.72. The van der Waals surface area contributed by atoms with Crippen molar-refractivity contribution in [3.63, 3.8) is 0 Å². The van der Waals surface area contributed by atoms with Gasteiger partial charge in [0.05, 0.1) is 12.3 Å². The van der Waals surface area contributed by atoms with Gasteiger partial charge < -0.3 is 15.3 Å². The number of fused-ring (bicyclic) bond motifs is 1. The van der Waals surface area contributed by atoms with E-state index in [0.717, 1.165) is 62.3 Å². The van der Waals surface area contributed by atoms with Crippen LogP contribution in [-0.4, -0.2) is 66.1 Å². The van der Waals surface area contributed by atoms with Crippen molar-refractivity contribution in [2.24, 2.45) is 5.92 Å². The van der Waals surface area contributed by atoms with Gasteiger partial charge in [-0.1, -0.05) is 48.2 Å². The summed E-state index contributed by atoms with van der Waals surface area (Å²) in [5.74, 6) is 5.00. The number of rotatable bonds is 7. The summed E-state index contributed by atoms with van der Waals surface area (Å²) in [5.41, 5.74) is 4.22. The maximum Gasteiger partial charge on any atom is 0.304 e. The average molecular weight is 460 g/mol. The van der Waals surface area contributed by atoms with Crippen LogP contribution in [-0.2, 0) is 29.0 Å². The van der Waals surface area contributed by atoms with Gasteiger partial charge in [0.25, 0.3) is 0 Å². The predicted octanol–water partition coefficient (Wildman–Crippen LogP) is 2.55. The van der Waals surface area contributed by atoms with Gasteiger partial charge in [-0.15, -0.1) is 0 Å². The largest absolute Gasteiger partial charge is 0.481 e. The molecule has 2 heterocycles. The lowest BCUT2D eigenvalue weighted by Gasteiger charge is -2.26. The molecule has 2 aliphatic heterocycles. The normalized spacial score (nSPS) is 18.5. The van der Waals surface area contributed by atoms with E-state index in [1.54, 1.807) is 0 Å². The van der Waals surface area contributed by atoms with E-state index in [-0.39, 0.29) is 12.3 Å². The van der Waals surface area contributed by atoms with Gasteiger partial charge in [0.1, 0.15) is 0 Å². The molecule has 0 saturated carbocycles. The highest BCUT2D eigenvalue weighted by Gasteiger charge is 2.31. The van der Waals surface area contributed by atoms with Crippen LogP contribution >= 0.6 is 0 Å². The van der Waals surface area contributed by atoms with E-state index < -0.39 is 11.9 Å². The van der Waals surface area contributed by atoms with Gasteiger partial charge in [-0.25, -0.2) is 0 Å². The molecule has 6 nitrogen and oxygen atoms in total. The van der Waals surface area contributed by atoms with Crippen LogP contribution in [0.15, 0.2) is 48.5 Å². The Balaban J connectivity index is 1.46. The topological polar surface area (TPSA) is 72.9 Å². The predicted molar refractivity (Wildman–Crippen MR) is 132 cm³/mol. The van der Waals surface area contributed by atoms with E-state index in [2.05, 4.69) is 46.3 Å². The number of nitrogens with one attached hydrogen (secondary N) is 1. The Morgan fingerprint density at radius 3 is 2.62 bits per heavy atom. The zero-order valence-corrected chi connectivity index (χ0v) is 19.6. The van der Waals surface area contributed by atoms with Crippen LogP contribution < -0.4 is 5.32 Å². The molecule has 2 N–H and O–H groups in total. The minimum atomic E-state index is -0.936. The van der Waals surface area contributed by atoms with Gasteiger partial charge in [0, 0.05) is 57.8 Å². The molecule has 2 aromatic carbocycles. The molecular formula is C28H33N3O3. The summed E-state index contributed by atoms with van der Waals surface area (Å²) in [5, 5.41) is 12.8. The van der Waals surface area contributed by atoms with Crippen LogP contribution in [0, 0.1) is 17.8 Å². The number of hydrogen-bond acceptors (Lipinski definition) is 4. The van der Waals surface area contributed by atoms with Crippen LogP contribution in [0.4, 0.5) is 0 Å². The van der Waals surface area contributed by atoms with Crippen LogP contribution in [0.2, 0.25) is 0 Å². The van der Waals surface area contributed by atoms with Gasteiger partial charge in [-0.2, -0.15) is 0 Å². The molecule has 4 rings (SSSR count). The van der Waals surface area contributed by atoms with Crippen molar-refractivity contribution in [2.75, 3.05) is 39.3 Å². The monoisotopic (exact) mass is 459 g/mol. The molecule has 0 bridgehead atoms. The maximum atomic E-state index is 13.2. The summed E-state index contributed by atoms with van der Waals surface area (Å²) >= 11 is 0. The molecule has 1 amide bonds. The van der Waals surface area contributed by atoms with Crippen molar-refractivity contribution >= 4 is 11.9 Å². The number of amides is 1. The Bertz CT molecular complexity index is 1050. The third-order valence-corrected chi connectivity index (χ3v) is 6.62. The van der Waals surface area contributed by atoms with Crippen molar-refractivity contribution in [3.05, 3.63) is 70.8 Å². The molecule has 0 radical (unpaired) electrons. The van der Waals surface area contributed by atoms with Crippen LogP contribution in [0.25, 0.3) is 0 Å². The lowest BCUT2D eigenvalue weighted by Crippen LogP contribution is -2.43. The first kappa shape index (κ1) is 24.0.